The number of hydrogen-bond donors (Lipinski definition) is 2. The third kappa shape index (κ3) is 5.08. The number of nitrogens with zero attached hydrogens (tertiary/aromatic N) is 2. The minimum atomic E-state index is -0.843. The minimum absolute atomic E-state index is 0.203. The van der Waals surface area contributed by atoms with E-state index in [0.29, 0.717) is 29.5 Å². The lowest BCUT2D eigenvalue weighted by atomic mass is 9.85. The maximum atomic E-state index is 12.5. The molecule has 27 heavy (non-hydrogen) atoms. The molecule has 1 aromatic heterocycles. The van der Waals surface area contributed by atoms with Gasteiger partial charge in [0.05, 0.1) is 35.7 Å². The summed E-state index contributed by atoms with van der Waals surface area (Å²) in [5.74, 6) is 0.587. The maximum Gasteiger partial charge on any atom is 0.253 e. The zero-order chi connectivity index (χ0) is 19.3. The number of ether oxygens (including phenoxy) is 2. The second-order valence-corrected chi connectivity index (χ2v) is 7.02. The van der Waals surface area contributed by atoms with Crippen molar-refractivity contribution in [3.05, 3.63) is 41.2 Å². The fourth-order valence-electron chi connectivity index (χ4n) is 3.07. The summed E-state index contributed by atoms with van der Waals surface area (Å²) >= 11 is 6.17. The molecule has 1 aliphatic rings. The van der Waals surface area contributed by atoms with E-state index in [2.05, 4.69) is 15.3 Å². The number of nitrogens with one attached hydrogen (secondary N) is 1. The van der Waals surface area contributed by atoms with Gasteiger partial charge in [0.15, 0.2) is 0 Å². The Balaban J connectivity index is 1.69. The van der Waals surface area contributed by atoms with Gasteiger partial charge in [-0.3, -0.25) is 9.78 Å². The highest BCUT2D eigenvalue weighted by Crippen LogP contribution is 2.28. The van der Waals surface area contributed by atoms with Crippen molar-refractivity contribution in [3.8, 4) is 17.5 Å². The molecular formula is C19H22ClN3O4. The molecule has 7 nitrogen and oxygen atoms in total. The molecule has 1 saturated carbocycles. The molecule has 0 radical (unpaired) electrons. The van der Waals surface area contributed by atoms with Gasteiger partial charge >= 0.3 is 0 Å². The Morgan fingerprint density at radius 3 is 2.74 bits per heavy atom. The highest BCUT2D eigenvalue weighted by molar-refractivity contribution is 6.33. The van der Waals surface area contributed by atoms with Crippen LogP contribution in [0.15, 0.2) is 30.6 Å². The fourth-order valence-corrected chi connectivity index (χ4v) is 3.27. The van der Waals surface area contributed by atoms with E-state index in [4.69, 9.17) is 21.1 Å². The largest absolute Gasteiger partial charge is 0.480 e. The van der Waals surface area contributed by atoms with Gasteiger partial charge < -0.3 is 19.9 Å². The van der Waals surface area contributed by atoms with Gasteiger partial charge in [0.2, 0.25) is 11.8 Å². The van der Waals surface area contributed by atoms with Crippen molar-refractivity contribution in [2.75, 3.05) is 13.7 Å². The van der Waals surface area contributed by atoms with Gasteiger partial charge in [0.25, 0.3) is 5.91 Å². The predicted octanol–water partition coefficient (Wildman–Crippen LogP) is 3.36. The Bertz CT molecular complexity index is 809. The van der Waals surface area contributed by atoms with Crippen molar-refractivity contribution in [2.45, 2.75) is 37.7 Å². The molecule has 144 valence electrons. The average molecular weight is 392 g/mol. The molecule has 1 heterocycles. The van der Waals surface area contributed by atoms with Gasteiger partial charge in [-0.1, -0.05) is 30.9 Å². The molecule has 0 unspecified atom stereocenters. The maximum absolute atomic E-state index is 12.5. The first-order chi connectivity index (χ1) is 13.0. The number of aromatic nitrogens is 2. The van der Waals surface area contributed by atoms with E-state index in [-0.39, 0.29) is 23.9 Å². The molecule has 1 aliphatic carbocycles. The van der Waals surface area contributed by atoms with E-state index in [9.17, 15) is 9.90 Å². The van der Waals surface area contributed by atoms with Crippen LogP contribution < -0.4 is 14.8 Å². The molecular weight excluding hydrogens is 370 g/mol. The van der Waals surface area contributed by atoms with Crippen LogP contribution in [0.25, 0.3) is 0 Å². The smallest absolute Gasteiger partial charge is 0.253 e. The van der Waals surface area contributed by atoms with E-state index < -0.39 is 5.60 Å². The molecule has 1 aromatic carbocycles. The summed E-state index contributed by atoms with van der Waals surface area (Å²) in [6.07, 6.45) is 7.35. The van der Waals surface area contributed by atoms with Crippen molar-refractivity contribution >= 4 is 17.5 Å². The predicted molar refractivity (Wildman–Crippen MR) is 100 cm³/mol. The summed E-state index contributed by atoms with van der Waals surface area (Å²) in [7, 11) is 1.48. The van der Waals surface area contributed by atoms with Gasteiger partial charge in [-0.15, -0.1) is 0 Å². The normalized spacial score (nSPS) is 15.8. The van der Waals surface area contributed by atoms with Crippen LogP contribution in [0, 0.1) is 0 Å². The van der Waals surface area contributed by atoms with E-state index in [1.807, 2.05) is 0 Å². The van der Waals surface area contributed by atoms with E-state index in [1.165, 1.54) is 25.6 Å². The Hall–Kier alpha value is -2.38. The Kier molecular flexibility index (Phi) is 6.13. The molecule has 0 aliphatic heterocycles. The fraction of sp³-hybridized carbons (Fsp3) is 0.421. The average Bonchev–Trinajstić information content (AvgIpc) is 2.68. The summed E-state index contributed by atoms with van der Waals surface area (Å²) in [4.78, 5) is 20.6. The summed E-state index contributed by atoms with van der Waals surface area (Å²) in [5.41, 5.74) is -0.575. The Morgan fingerprint density at radius 2 is 2.00 bits per heavy atom. The van der Waals surface area contributed by atoms with Gasteiger partial charge in [0.1, 0.15) is 5.75 Å². The van der Waals surface area contributed by atoms with Crippen molar-refractivity contribution in [3.63, 3.8) is 0 Å². The molecule has 0 atom stereocenters. The van der Waals surface area contributed by atoms with Crippen molar-refractivity contribution in [1.82, 2.24) is 15.3 Å². The SMILES string of the molecule is COc1cncc(Oc2ccc(Cl)c(C(=O)NCC3(O)CCCCC3)c2)n1. The molecule has 8 heteroatoms. The van der Waals surface area contributed by atoms with Crippen LogP contribution in [0.5, 0.6) is 17.5 Å². The molecule has 1 fully saturated rings. The number of carbonyl (C=O) groups is 1. The third-order valence-electron chi connectivity index (χ3n) is 4.57. The lowest BCUT2D eigenvalue weighted by molar-refractivity contribution is 0.00526. The minimum Gasteiger partial charge on any atom is -0.480 e. The molecule has 1 amide bonds. The molecule has 0 spiro atoms. The highest BCUT2D eigenvalue weighted by atomic mass is 35.5. The van der Waals surface area contributed by atoms with Gasteiger partial charge in [0, 0.05) is 6.54 Å². The summed E-state index contributed by atoms with van der Waals surface area (Å²) in [6, 6.07) is 4.74. The summed E-state index contributed by atoms with van der Waals surface area (Å²) in [6.45, 7) is 0.203. The Morgan fingerprint density at radius 1 is 1.26 bits per heavy atom. The lowest BCUT2D eigenvalue weighted by Crippen LogP contribution is -2.44. The number of aliphatic hydroxyl groups is 1. The summed E-state index contributed by atoms with van der Waals surface area (Å²) in [5, 5.41) is 13.6. The zero-order valence-corrected chi connectivity index (χ0v) is 15.8. The van der Waals surface area contributed by atoms with E-state index in [1.54, 1.807) is 12.1 Å². The number of carbonyl (C=O) groups excluding carboxylic acids is 1. The lowest BCUT2D eigenvalue weighted by Gasteiger charge is -2.32. The highest BCUT2D eigenvalue weighted by Gasteiger charge is 2.29. The third-order valence-corrected chi connectivity index (χ3v) is 4.90. The first-order valence-electron chi connectivity index (χ1n) is 8.83. The zero-order valence-electron chi connectivity index (χ0n) is 15.1. The second-order valence-electron chi connectivity index (χ2n) is 6.61. The van der Waals surface area contributed by atoms with Crippen molar-refractivity contribution in [2.24, 2.45) is 0 Å². The number of benzene rings is 1. The topological polar surface area (TPSA) is 93.6 Å². The number of hydrogen-bond acceptors (Lipinski definition) is 6. The molecule has 0 saturated heterocycles. The Labute approximate surface area is 162 Å². The van der Waals surface area contributed by atoms with Crippen LogP contribution in [-0.2, 0) is 0 Å². The van der Waals surface area contributed by atoms with Gasteiger partial charge in [-0.2, -0.15) is 4.98 Å². The van der Waals surface area contributed by atoms with Crippen LogP contribution in [0.4, 0.5) is 0 Å². The number of methoxy groups -OCH3 is 1. The second kappa shape index (κ2) is 8.54. The number of rotatable bonds is 6. The molecule has 3 rings (SSSR count). The molecule has 2 N–H and O–H groups in total. The first kappa shape index (κ1) is 19.4. The first-order valence-corrected chi connectivity index (χ1v) is 9.21. The van der Waals surface area contributed by atoms with Gasteiger partial charge in [-0.25, -0.2) is 0 Å². The van der Waals surface area contributed by atoms with Crippen molar-refractivity contribution < 1.29 is 19.4 Å². The van der Waals surface area contributed by atoms with Gasteiger partial charge in [-0.05, 0) is 31.0 Å². The van der Waals surface area contributed by atoms with Crippen LogP contribution in [-0.4, -0.2) is 40.2 Å². The van der Waals surface area contributed by atoms with Crippen LogP contribution in [0.1, 0.15) is 42.5 Å². The summed E-state index contributed by atoms with van der Waals surface area (Å²) < 4.78 is 10.6. The van der Waals surface area contributed by atoms with E-state index >= 15 is 0 Å². The van der Waals surface area contributed by atoms with Crippen LogP contribution in [0.2, 0.25) is 5.02 Å². The van der Waals surface area contributed by atoms with Crippen LogP contribution in [0.3, 0.4) is 0 Å². The molecule has 2 aromatic rings. The monoisotopic (exact) mass is 391 g/mol. The van der Waals surface area contributed by atoms with E-state index in [0.717, 1.165) is 19.3 Å². The van der Waals surface area contributed by atoms with Crippen LogP contribution >= 0.6 is 11.6 Å². The number of amides is 1. The number of halogens is 1. The van der Waals surface area contributed by atoms with Crippen molar-refractivity contribution in [1.29, 1.82) is 0 Å². The quantitative estimate of drug-likeness (QED) is 0.784. The molecule has 0 bridgehead atoms. The standard InChI is InChI=1S/C19H22ClN3O4/c1-26-16-10-21-11-17(23-16)27-13-5-6-15(20)14(9-13)18(24)22-12-19(25)7-3-2-4-8-19/h5-6,9-11,25H,2-4,7-8,12H2,1H3,(H,22,24).